The fourth-order valence-corrected chi connectivity index (χ4v) is 1.85. The standard InChI is InChI=1S/C12H21N5O/c1-4-7-17(8-9-5-6-9)11-14-10(13-2)15-12(16-11)18-3/h9H,4-8H2,1-3H3,(H,13,14,15,16). The lowest BCUT2D eigenvalue weighted by molar-refractivity contribution is 0.378. The molecule has 1 saturated carbocycles. The van der Waals surface area contributed by atoms with E-state index in [0.717, 1.165) is 25.4 Å². The summed E-state index contributed by atoms with van der Waals surface area (Å²) in [6.45, 7) is 4.16. The van der Waals surface area contributed by atoms with Gasteiger partial charge >= 0.3 is 6.01 Å². The van der Waals surface area contributed by atoms with E-state index >= 15 is 0 Å². The lowest BCUT2D eigenvalue weighted by Crippen LogP contribution is -2.29. The zero-order valence-electron chi connectivity index (χ0n) is 11.3. The van der Waals surface area contributed by atoms with Crippen LogP contribution in [0.3, 0.4) is 0 Å². The summed E-state index contributed by atoms with van der Waals surface area (Å²) in [7, 11) is 3.37. The maximum atomic E-state index is 5.12. The molecule has 0 atom stereocenters. The summed E-state index contributed by atoms with van der Waals surface area (Å²) in [4.78, 5) is 15.1. The molecule has 18 heavy (non-hydrogen) atoms. The van der Waals surface area contributed by atoms with Crippen LogP contribution in [0, 0.1) is 5.92 Å². The smallest absolute Gasteiger partial charge is 0.322 e. The number of nitrogens with zero attached hydrogens (tertiary/aromatic N) is 4. The molecule has 1 aliphatic carbocycles. The SMILES string of the molecule is CCCN(CC1CC1)c1nc(NC)nc(OC)n1. The van der Waals surface area contributed by atoms with Gasteiger partial charge in [-0.3, -0.25) is 0 Å². The van der Waals surface area contributed by atoms with E-state index in [2.05, 4.69) is 32.1 Å². The minimum absolute atomic E-state index is 0.362. The molecule has 2 rings (SSSR count). The highest BCUT2D eigenvalue weighted by Crippen LogP contribution is 2.31. The number of anilines is 2. The fraction of sp³-hybridized carbons (Fsp3) is 0.750. The molecule has 0 amide bonds. The Morgan fingerprint density at radius 3 is 2.67 bits per heavy atom. The van der Waals surface area contributed by atoms with Gasteiger partial charge in [0.15, 0.2) is 0 Å². The third kappa shape index (κ3) is 3.21. The number of ether oxygens (including phenoxy) is 1. The second-order valence-electron chi connectivity index (χ2n) is 4.59. The number of methoxy groups -OCH3 is 1. The lowest BCUT2D eigenvalue weighted by atomic mass is 10.3. The fourth-order valence-electron chi connectivity index (χ4n) is 1.85. The van der Waals surface area contributed by atoms with Crippen molar-refractivity contribution in [3.05, 3.63) is 0 Å². The summed E-state index contributed by atoms with van der Waals surface area (Å²) < 4.78 is 5.12. The van der Waals surface area contributed by atoms with Crippen LogP contribution in [-0.4, -0.2) is 42.2 Å². The first-order valence-electron chi connectivity index (χ1n) is 6.49. The van der Waals surface area contributed by atoms with Crippen LogP contribution in [0.25, 0.3) is 0 Å². The highest BCUT2D eigenvalue weighted by molar-refractivity contribution is 5.38. The molecule has 100 valence electrons. The van der Waals surface area contributed by atoms with Crippen molar-refractivity contribution in [3.8, 4) is 6.01 Å². The highest BCUT2D eigenvalue weighted by atomic mass is 16.5. The molecule has 6 heteroatoms. The van der Waals surface area contributed by atoms with E-state index in [1.165, 1.54) is 12.8 Å². The first kappa shape index (κ1) is 12.9. The van der Waals surface area contributed by atoms with E-state index < -0.39 is 0 Å². The summed E-state index contributed by atoms with van der Waals surface area (Å²) in [6, 6.07) is 0.362. The Hall–Kier alpha value is -1.59. The van der Waals surface area contributed by atoms with Crippen LogP contribution in [0.2, 0.25) is 0 Å². The van der Waals surface area contributed by atoms with E-state index in [1.54, 1.807) is 14.2 Å². The first-order chi connectivity index (χ1) is 8.76. The first-order valence-corrected chi connectivity index (χ1v) is 6.49. The molecule has 0 saturated heterocycles. The molecule has 0 bridgehead atoms. The number of hydrogen-bond acceptors (Lipinski definition) is 6. The van der Waals surface area contributed by atoms with Crippen LogP contribution >= 0.6 is 0 Å². The predicted octanol–water partition coefficient (Wildman–Crippen LogP) is 1.55. The van der Waals surface area contributed by atoms with E-state index in [9.17, 15) is 0 Å². The van der Waals surface area contributed by atoms with Crippen molar-refractivity contribution in [2.75, 3.05) is 37.5 Å². The van der Waals surface area contributed by atoms with Crippen LogP contribution in [-0.2, 0) is 0 Å². The average Bonchev–Trinajstić information content (AvgIpc) is 3.21. The lowest BCUT2D eigenvalue weighted by Gasteiger charge is -2.22. The largest absolute Gasteiger partial charge is 0.467 e. The molecular formula is C12H21N5O. The van der Waals surface area contributed by atoms with Crippen molar-refractivity contribution < 1.29 is 4.74 Å². The predicted molar refractivity (Wildman–Crippen MR) is 71.2 cm³/mol. The molecule has 0 spiro atoms. The van der Waals surface area contributed by atoms with Gasteiger partial charge in [-0.05, 0) is 25.2 Å². The molecule has 1 N–H and O–H groups in total. The number of hydrogen-bond donors (Lipinski definition) is 1. The minimum Gasteiger partial charge on any atom is -0.467 e. The van der Waals surface area contributed by atoms with E-state index in [-0.39, 0.29) is 0 Å². The van der Waals surface area contributed by atoms with Gasteiger partial charge in [-0.15, -0.1) is 0 Å². The molecular weight excluding hydrogens is 230 g/mol. The maximum Gasteiger partial charge on any atom is 0.322 e. The summed E-state index contributed by atoms with van der Waals surface area (Å²) in [5, 5.41) is 2.94. The van der Waals surface area contributed by atoms with Gasteiger partial charge in [0.1, 0.15) is 0 Å². The summed E-state index contributed by atoms with van der Waals surface area (Å²) >= 11 is 0. The maximum absolute atomic E-state index is 5.12. The molecule has 0 unspecified atom stereocenters. The Bertz CT molecular complexity index is 372. The Labute approximate surface area is 108 Å². The number of rotatable bonds is 7. The van der Waals surface area contributed by atoms with Crippen molar-refractivity contribution in [2.24, 2.45) is 5.92 Å². The summed E-state index contributed by atoms with van der Waals surface area (Å²) in [6.07, 6.45) is 3.72. The quantitative estimate of drug-likeness (QED) is 0.793. The second kappa shape index (κ2) is 5.84. The molecule has 1 fully saturated rings. The molecule has 0 aliphatic heterocycles. The Morgan fingerprint density at radius 1 is 1.33 bits per heavy atom. The minimum atomic E-state index is 0.362. The molecule has 0 radical (unpaired) electrons. The van der Waals surface area contributed by atoms with Crippen molar-refractivity contribution in [3.63, 3.8) is 0 Å². The summed E-state index contributed by atoms with van der Waals surface area (Å²) in [5.74, 6) is 2.06. The van der Waals surface area contributed by atoms with Gasteiger partial charge in [0, 0.05) is 20.1 Å². The Morgan fingerprint density at radius 2 is 2.11 bits per heavy atom. The van der Waals surface area contributed by atoms with Crippen LogP contribution in [0.4, 0.5) is 11.9 Å². The van der Waals surface area contributed by atoms with Crippen LogP contribution in [0.1, 0.15) is 26.2 Å². The molecule has 1 aliphatic rings. The van der Waals surface area contributed by atoms with Crippen LogP contribution < -0.4 is 15.0 Å². The third-order valence-corrected chi connectivity index (χ3v) is 2.96. The van der Waals surface area contributed by atoms with Crippen LogP contribution in [0.5, 0.6) is 6.01 Å². The van der Waals surface area contributed by atoms with Gasteiger partial charge < -0.3 is 15.0 Å². The number of aromatic nitrogens is 3. The van der Waals surface area contributed by atoms with Gasteiger partial charge in [0.05, 0.1) is 7.11 Å². The van der Waals surface area contributed by atoms with Crippen molar-refractivity contribution >= 4 is 11.9 Å². The zero-order valence-corrected chi connectivity index (χ0v) is 11.3. The zero-order chi connectivity index (χ0) is 13.0. The van der Waals surface area contributed by atoms with Gasteiger partial charge in [0.2, 0.25) is 11.9 Å². The monoisotopic (exact) mass is 251 g/mol. The average molecular weight is 251 g/mol. The molecule has 1 heterocycles. The number of nitrogens with one attached hydrogen (secondary N) is 1. The molecule has 1 aromatic rings. The normalized spacial score (nSPS) is 14.4. The van der Waals surface area contributed by atoms with Gasteiger partial charge in [0.25, 0.3) is 0 Å². The van der Waals surface area contributed by atoms with E-state index in [4.69, 9.17) is 4.74 Å². The highest BCUT2D eigenvalue weighted by Gasteiger charge is 2.25. The van der Waals surface area contributed by atoms with Crippen molar-refractivity contribution in [1.82, 2.24) is 15.0 Å². The third-order valence-electron chi connectivity index (χ3n) is 2.96. The van der Waals surface area contributed by atoms with Gasteiger partial charge in [-0.2, -0.15) is 15.0 Å². The van der Waals surface area contributed by atoms with Gasteiger partial charge in [-0.1, -0.05) is 6.92 Å². The Kier molecular flexibility index (Phi) is 4.17. The van der Waals surface area contributed by atoms with Crippen molar-refractivity contribution in [1.29, 1.82) is 0 Å². The molecule has 1 aromatic heterocycles. The van der Waals surface area contributed by atoms with Crippen molar-refractivity contribution in [2.45, 2.75) is 26.2 Å². The van der Waals surface area contributed by atoms with Gasteiger partial charge in [-0.25, -0.2) is 0 Å². The topological polar surface area (TPSA) is 63.2 Å². The molecule has 0 aromatic carbocycles. The van der Waals surface area contributed by atoms with E-state index in [1.807, 2.05) is 0 Å². The summed E-state index contributed by atoms with van der Waals surface area (Å²) in [5.41, 5.74) is 0. The Balaban J connectivity index is 2.20. The van der Waals surface area contributed by atoms with Crippen LogP contribution in [0.15, 0.2) is 0 Å². The molecule has 6 nitrogen and oxygen atoms in total. The van der Waals surface area contributed by atoms with E-state index in [0.29, 0.717) is 17.9 Å². The second-order valence-corrected chi connectivity index (χ2v) is 4.59.